The third-order valence-electron chi connectivity index (χ3n) is 2.30. The number of carbonyl (C=O) groups is 2. The van der Waals surface area contributed by atoms with Crippen molar-refractivity contribution in [3.63, 3.8) is 0 Å². The number of amides is 2. The van der Waals surface area contributed by atoms with Crippen molar-refractivity contribution in [1.82, 2.24) is 20.8 Å². The highest BCUT2D eigenvalue weighted by Gasteiger charge is 2.04. The number of urea groups is 1. The van der Waals surface area contributed by atoms with E-state index in [9.17, 15) is 9.59 Å². The van der Waals surface area contributed by atoms with E-state index in [0.717, 1.165) is 0 Å². The summed E-state index contributed by atoms with van der Waals surface area (Å²) in [5, 5.41) is 17.3. The summed E-state index contributed by atoms with van der Waals surface area (Å²) in [6, 6.07) is -0.286. The van der Waals surface area contributed by atoms with E-state index in [1.807, 2.05) is 0 Å². The topological polar surface area (TPSA) is 117 Å². The van der Waals surface area contributed by atoms with Gasteiger partial charge in [0.25, 0.3) is 0 Å². The van der Waals surface area contributed by atoms with Crippen LogP contribution in [0, 0.1) is 6.92 Å². The standard InChI is InChI=1S/C11H18N4O4/c1-8-14-9(19-15-8)5-7-13-11(18)12-6-3-2-4-10(16)17/h2-7H2,1H3,(H,16,17)(H2,12,13,18). The Labute approximate surface area is 110 Å². The van der Waals surface area contributed by atoms with Crippen molar-refractivity contribution in [3.8, 4) is 0 Å². The molecule has 8 heteroatoms. The molecule has 0 aromatic carbocycles. The lowest BCUT2D eigenvalue weighted by Gasteiger charge is -2.05. The summed E-state index contributed by atoms with van der Waals surface area (Å²) in [5.41, 5.74) is 0. The van der Waals surface area contributed by atoms with Crippen LogP contribution in [0.3, 0.4) is 0 Å². The second-order valence-electron chi connectivity index (χ2n) is 4.02. The normalized spacial score (nSPS) is 10.2. The minimum absolute atomic E-state index is 0.125. The van der Waals surface area contributed by atoms with Gasteiger partial charge in [-0.3, -0.25) is 4.79 Å². The fraction of sp³-hybridized carbons (Fsp3) is 0.636. The molecule has 0 aliphatic carbocycles. The molecule has 3 N–H and O–H groups in total. The van der Waals surface area contributed by atoms with Crippen molar-refractivity contribution in [2.45, 2.75) is 32.6 Å². The van der Waals surface area contributed by atoms with Gasteiger partial charge in [-0.05, 0) is 19.8 Å². The molecule has 106 valence electrons. The average molecular weight is 270 g/mol. The molecule has 0 atom stereocenters. The summed E-state index contributed by atoms with van der Waals surface area (Å²) in [4.78, 5) is 25.6. The maximum absolute atomic E-state index is 11.3. The molecule has 2 amide bonds. The number of aliphatic carboxylic acids is 1. The minimum Gasteiger partial charge on any atom is -0.481 e. The number of rotatable bonds is 8. The molecule has 0 radical (unpaired) electrons. The van der Waals surface area contributed by atoms with Gasteiger partial charge in [0.05, 0.1) is 0 Å². The number of aryl methyl sites for hydroxylation is 1. The van der Waals surface area contributed by atoms with Gasteiger partial charge in [-0.25, -0.2) is 4.79 Å². The first kappa shape index (κ1) is 14.9. The molecule has 8 nitrogen and oxygen atoms in total. The molecule has 1 rings (SSSR count). The van der Waals surface area contributed by atoms with E-state index < -0.39 is 5.97 Å². The third-order valence-corrected chi connectivity index (χ3v) is 2.30. The number of nitrogens with one attached hydrogen (secondary N) is 2. The summed E-state index contributed by atoms with van der Waals surface area (Å²) in [7, 11) is 0. The number of carboxylic acid groups (broad SMARTS) is 1. The zero-order valence-corrected chi connectivity index (χ0v) is 10.8. The quantitative estimate of drug-likeness (QED) is 0.591. The van der Waals surface area contributed by atoms with Crippen LogP contribution < -0.4 is 10.6 Å². The zero-order chi connectivity index (χ0) is 14.1. The van der Waals surface area contributed by atoms with Crippen LogP contribution >= 0.6 is 0 Å². The molecule has 0 saturated carbocycles. The maximum atomic E-state index is 11.3. The van der Waals surface area contributed by atoms with Crippen LogP contribution in [-0.2, 0) is 11.2 Å². The molecule has 1 heterocycles. The van der Waals surface area contributed by atoms with Gasteiger partial charge in [0, 0.05) is 25.9 Å². The first-order chi connectivity index (χ1) is 9.08. The van der Waals surface area contributed by atoms with Crippen molar-refractivity contribution >= 4 is 12.0 Å². The highest BCUT2D eigenvalue weighted by Crippen LogP contribution is 1.95. The fourth-order valence-corrected chi connectivity index (χ4v) is 1.39. The fourth-order valence-electron chi connectivity index (χ4n) is 1.39. The van der Waals surface area contributed by atoms with Gasteiger partial charge in [-0.2, -0.15) is 4.98 Å². The van der Waals surface area contributed by atoms with Crippen LogP contribution in [0.1, 0.15) is 31.0 Å². The lowest BCUT2D eigenvalue weighted by molar-refractivity contribution is -0.137. The molecule has 19 heavy (non-hydrogen) atoms. The summed E-state index contributed by atoms with van der Waals surface area (Å²) in [5.74, 6) is 0.233. The van der Waals surface area contributed by atoms with E-state index in [2.05, 4.69) is 20.8 Å². The summed E-state index contributed by atoms with van der Waals surface area (Å²) >= 11 is 0. The predicted molar refractivity (Wildman–Crippen MR) is 65.6 cm³/mol. The van der Waals surface area contributed by atoms with Crippen molar-refractivity contribution < 1.29 is 19.2 Å². The van der Waals surface area contributed by atoms with Crippen LogP contribution in [0.25, 0.3) is 0 Å². The number of nitrogens with zero attached hydrogens (tertiary/aromatic N) is 2. The van der Waals surface area contributed by atoms with Gasteiger partial charge in [-0.1, -0.05) is 5.16 Å². The Morgan fingerprint density at radius 1 is 1.26 bits per heavy atom. The lowest BCUT2D eigenvalue weighted by atomic mass is 10.2. The largest absolute Gasteiger partial charge is 0.481 e. The summed E-state index contributed by atoms with van der Waals surface area (Å²) in [6.07, 6.45) is 1.80. The number of hydrogen-bond acceptors (Lipinski definition) is 5. The van der Waals surface area contributed by atoms with E-state index in [-0.39, 0.29) is 12.5 Å². The Morgan fingerprint density at radius 3 is 2.63 bits per heavy atom. The van der Waals surface area contributed by atoms with Crippen LogP contribution in [-0.4, -0.2) is 40.3 Å². The Morgan fingerprint density at radius 2 is 2.00 bits per heavy atom. The second-order valence-corrected chi connectivity index (χ2v) is 4.02. The highest BCUT2D eigenvalue weighted by molar-refractivity contribution is 5.73. The Balaban J connectivity index is 2.00. The molecular weight excluding hydrogens is 252 g/mol. The van der Waals surface area contributed by atoms with Crippen LogP contribution in [0.15, 0.2) is 4.52 Å². The van der Waals surface area contributed by atoms with Crippen molar-refractivity contribution in [1.29, 1.82) is 0 Å². The Kier molecular flexibility index (Phi) is 6.34. The van der Waals surface area contributed by atoms with Crippen LogP contribution in [0.4, 0.5) is 4.79 Å². The van der Waals surface area contributed by atoms with E-state index in [0.29, 0.717) is 44.1 Å². The van der Waals surface area contributed by atoms with Crippen molar-refractivity contribution in [3.05, 3.63) is 11.7 Å². The van der Waals surface area contributed by atoms with E-state index in [1.54, 1.807) is 6.92 Å². The van der Waals surface area contributed by atoms with Gasteiger partial charge >= 0.3 is 12.0 Å². The van der Waals surface area contributed by atoms with Gasteiger partial charge in [-0.15, -0.1) is 0 Å². The van der Waals surface area contributed by atoms with Gasteiger partial charge < -0.3 is 20.3 Å². The zero-order valence-electron chi connectivity index (χ0n) is 10.8. The van der Waals surface area contributed by atoms with Crippen molar-refractivity contribution in [2.75, 3.05) is 13.1 Å². The number of carboxylic acids is 1. The smallest absolute Gasteiger partial charge is 0.314 e. The predicted octanol–water partition coefficient (Wildman–Crippen LogP) is 0.475. The van der Waals surface area contributed by atoms with Gasteiger partial charge in [0.2, 0.25) is 5.89 Å². The van der Waals surface area contributed by atoms with E-state index in [1.165, 1.54) is 0 Å². The summed E-state index contributed by atoms with van der Waals surface area (Å²) < 4.78 is 4.89. The molecule has 0 saturated heterocycles. The summed E-state index contributed by atoms with van der Waals surface area (Å²) in [6.45, 7) is 2.59. The molecule has 0 spiro atoms. The molecule has 0 unspecified atom stereocenters. The highest BCUT2D eigenvalue weighted by atomic mass is 16.5. The first-order valence-corrected chi connectivity index (χ1v) is 6.10. The average Bonchev–Trinajstić information content (AvgIpc) is 2.74. The SMILES string of the molecule is Cc1noc(CCNC(=O)NCCCCC(=O)O)n1. The molecule has 0 aliphatic rings. The first-order valence-electron chi connectivity index (χ1n) is 6.10. The molecular formula is C11H18N4O4. The molecule has 1 aromatic rings. The van der Waals surface area contributed by atoms with Gasteiger partial charge in [0.15, 0.2) is 5.82 Å². The van der Waals surface area contributed by atoms with Crippen molar-refractivity contribution in [2.24, 2.45) is 0 Å². The monoisotopic (exact) mass is 270 g/mol. The number of aromatic nitrogens is 2. The molecule has 1 aromatic heterocycles. The number of unbranched alkanes of at least 4 members (excludes halogenated alkanes) is 1. The Hall–Kier alpha value is -2.12. The van der Waals surface area contributed by atoms with Crippen LogP contribution in [0.2, 0.25) is 0 Å². The minimum atomic E-state index is -0.820. The number of carbonyl (C=O) groups excluding carboxylic acids is 1. The van der Waals surface area contributed by atoms with Gasteiger partial charge in [0.1, 0.15) is 0 Å². The molecule has 0 aliphatic heterocycles. The number of hydrogen-bond donors (Lipinski definition) is 3. The molecule has 0 fully saturated rings. The molecule has 0 bridgehead atoms. The van der Waals surface area contributed by atoms with E-state index >= 15 is 0 Å². The van der Waals surface area contributed by atoms with E-state index in [4.69, 9.17) is 9.63 Å². The Bertz CT molecular complexity index is 419. The maximum Gasteiger partial charge on any atom is 0.314 e. The third kappa shape index (κ3) is 7.02. The lowest BCUT2D eigenvalue weighted by Crippen LogP contribution is -2.37. The van der Waals surface area contributed by atoms with Crippen LogP contribution in [0.5, 0.6) is 0 Å². The second kappa shape index (κ2) is 8.06.